The molecule has 0 N–H and O–H groups in total. The van der Waals surface area contributed by atoms with Crippen molar-refractivity contribution in [1.29, 1.82) is 0 Å². The number of hydrogen-bond acceptors (Lipinski definition) is 1. The number of benzene rings is 1. The second kappa shape index (κ2) is 3.49. The highest BCUT2D eigenvalue weighted by atomic mass is 35.5. The van der Waals surface area contributed by atoms with Gasteiger partial charge in [0.1, 0.15) is 5.58 Å². The molecule has 1 aliphatic rings. The second-order valence-electron chi connectivity index (χ2n) is 3.70. The van der Waals surface area contributed by atoms with Crippen molar-refractivity contribution < 1.29 is 8.81 Å². The van der Waals surface area contributed by atoms with E-state index in [1.165, 1.54) is 6.08 Å². The van der Waals surface area contributed by atoms with Crippen LogP contribution in [-0.4, -0.2) is 0 Å². The summed E-state index contributed by atoms with van der Waals surface area (Å²) in [5.41, 5.74) is 1.52. The van der Waals surface area contributed by atoms with E-state index in [1.54, 1.807) is 18.2 Å². The van der Waals surface area contributed by atoms with Crippen molar-refractivity contribution in [2.24, 2.45) is 0 Å². The van der Waals surface area contributed by atoms with Crippen molar-refractivity contribution in [3.05, 3.63) is 52.8 Å². The van der Waals surface area contributed by atoms with E-state index < -0.39 is 0 Å². The van der Waals surface area contributed by atoms with Gasteiger partial charge in [-0.05, 0) is 24.6 Å². The van der Waals surface area contributed by atoms with Gasteiger partial charge in [0, 0.05) is 22.0 Å². The van der Waals surface area contributed by atoms with E-state index in [2.05, 4.69) is 0 Å². The van der Waals surface area contributed by atoms with Gasteiger partial charge in [-0.25, -0.2) is 4.39 Å². The number of halogens is 2. The zero-order chi connectivity index (χ0) is 11.1. The van der Waals surface area contributed by atoms with Crippen LogP contribution in [0.2, 0.25) is 5.02 Å². The lowest BCUT2D eigenvalue weighted by Crippen LogP contribution is -1.82. The number of rotatable bonds is 0. The summed E-state index contributed by atoms with van der Waals surface area (Å²) in [7, 11) is 0. The fourth-order valence-corrected chi connectivity index (χ4v) is 2.10. The molecule has 0 spiro atoms. The summed E-state index contributed by atoms with van der Waals surface area (Å²) in [5, 5.41) is 1.52. The van der Waals surface area contributed by atoms with Crippen LogP contribution in [-0.2, 0) is 6.42 Å². The average Bonchev–Trinajstić information content (AvgIpc) is 2.52. The van der Waals surface area contributed by atoms with E-state index in [9.17, 15) is 4.39 Å². The third-order valence-corrected chi connectivity index (χ3v) is 2.91. The Morgan fingerprint density at radius 2 is 2.19 bits per heavy atom. The van der Waals surface area contributed by atoms with Crippen LogP contribution in [0, 0.1) is 0 Å². The molecule has 80 valence electrons. The molecule has 16 heavy (non-hydrogen) atoms. The third-order valence-electron chi connectivity index (χ3n) is 2.67. The number of allylic oxidation sites excluding steroid dienone is 3. The predicted molar refractivity (Wildman–Crippen MR) is 63.2 cm³/mol. The van der Waals surface area contributed by atoms with Crippen molar-refractivity contribution >= 4 is 28.4 Å². The summed E-state index contributed by atoms with van der Waals surface area (Å²) in [6.07, 6.45) is 5.70. The molecular formula is C13H8ClFO. The lowest BCUT2D eigenvalue weighted by atomic mass is 10.1. The highest BCUT2D eigenvalue weighted by Gasteiger charge is 2.17. The van der Waals surface area contributed by atoms with Crippen LogP contribution in [0.25, 0.3) is 16.8 Å². The first-order valence-corrected chi connectivity index (χ1v) is 5.37. The molecule has 1 nitrogen and oxygen atoms in total. The first kappa shape index (κ1) is 9.67. The van der Waals surface area contributed by atoms with E-state index in [1.807, 2.05) is 12.1 Å². The fourth-order valence-electron chi connectivity index (χ4n) is 1.93. The molecule has 0 amide bonds. The molecular weight excluding hydrogens is 227 g/mol. The summed E-state index contributed by atoms with van der Waals surface area (Å²) in [6, 6.07) is 5.37. The number of furan rings is 1. The summed E-state index contributed by atoms with van der Waals surface area (Å²) in [5.74, 6) is -0.0154. The predicted octanol–water partition coefficient (Wildman–Crippen LogP) is 4.51. The maximum absolute atomic E-state index is 13.7. The lowest BCUT2D eigenvalue weighted by Gasteiger charge is -1.94. The van der Waals surface area contributed by atoms with Gasteiger partial charge in [0.25, 0.3) is 0 Å². The smallest absolute Gasteiger partial charge is 0.167 e. The summed E-state index contributed by atoms with van der Waals surface area (Å²) in [6.45, 7) is 0. The lowest BCUT2D eigenvalue weighted by molar-refractivity contribution is 0.567. The van der Waals surface area contributed by atoms with Crippen molar-refractivity contribution in [2.75, 3.05) is 0 Å². The normalized spacial score (nSPS) is 14.8. The van der Waals surface area contributed by atoms with Crippen molar-refractivity contribution in [1.82, 2.24) is 0 Å². The summed E-state index contributed by atoms with van der Waals surface area (Å²) < 4.78 is 19.2. The Balaban J connectivity index is 2.35. The first-order chi connectivity index (χ1) is 7.75. The molecule has 0 saturated heterocycles. The SMILES string of the molecule is FC1=CC=CCc2c1oc1cc(Cl)ccc21. The maximum atomic E-state index is 13.7. The summed E-state index contributed by atoms with van der Waals surface area (Å²) in [4.78, 5) is 0. The molecule has 1 heterocycles. The Morgan fingerprint density at radius 1 is 1.31 bits per heavy atom. The van der Waals surface area contributed by atoms with E-state index in [0.29, 0.717) is 22.8 Å². The topological polar surface area (TPSA) is 13.1 Å². The molecule has 2 aromatic rings. The van der Waals surface area contributed by atoms with Crippen LogP contribution in [0.15, 0.2) is 40.8 Å². The van der Waals surface area contributed by atoms with Gasteiger partial charge < -0.3 is 4.42 Å². The van der Waals surface area contributed by atoms with Gasteiger partial charge in [-0.15, -0.1) is 0 Å². The van der Waals surface area contributed by atoms with Gasteiger partial charge in [-0.3, -0.25) is 0 Å². The summed E-state index contributed by atoms with van der Waals surface area (Å²) >= 11 is 5.87. The minimum absolute atomic E-state index is 0.322. The Bertz CT molecular complexity index is 622. The Morgan fingerprint density at radius 3 is 3.06 bits per heavy atom. The van der Waals surface area contributed by atoms with Crippen molar-refractivity contribution in [3.63, 3.8) is 0 Å². The van der Waals surface area contributed by atoms with Crippen LogP contribution < -0.4 is 0 Å². The molecule has 3 heteroatoms. The largest absolute Gasteiger partial charge is 0.453 e. The molecule has 0 saturated carbocycles. The molecule has 0 fully saturated rings. The molecule has 1 aromatic heterocycles. The molecule has 1 aromatic carbocycles. The zero-order valence-corrected chi connectivity index (χ0v) is 9.09. The molecule has 0 bridgehead atoms. The van der Waals surface area contributed by atoms with Crippen molar-refractivity contribution in [2.45, 2.75) is 6.42 Å². The maximum Gasteiger partial charge on any atom is 0.167 e. The van der Waals surface area contributed by atoms with E-state index in [-0.39, 0.29) is 5.83 Å². The standard InChI is InChI=1S/C13H8ClFO/c14-8-5-6-9-10-3-1-2-4-11(15)13(10)16-12(9)7-8/h1-2,4-7H,3H2. The molecule has 1 aliphatic carbocycles. The molecule has 3 rings (SSSR count). The zero-order valence-electron chi connectivity index (χ0n) is 8.34. The molecule has 0 radical (unpaired) electrons. The van der Waals surface area contributed by atoms with Gasteiger partial charge in [-0.1, -0.05) is 23.8 Å². The van der Waals surface area contributed by atoms with Gasteiger partial charge in [0.05, 0.1) is 0 Å². The highest BCUT2D eigenvalue weighted by molar-refractivity contribution is 6.31. The highest BCUT2D eigenvalue weighted by Crippen LogP contribution is 2.34. The van der Waals surface area contributed by atoms with Gasteiger partial charge in [0.15, 0.2) is 11.6 Å². The second-order valence-corrected chi connectivity index (χ2v) is 4.13. The average molecular weight is 235 g/mol. The minimum Gasteiger partial charge on any atom is -0.453 e. The Kier molecular flexibility index (Phi) is 2.11. The van der Waals surface area contributed by atoms with Gasteiger partial charge >= 0.3 is 0 Å². The van der Waals surface area contributed by atoms with Crippen LogP contribution in [0.4, 0.5) is 4.39 Å². The number of hydrogen-bond donors (Lipinski definition) is 0. The van der Waals surface area contributed by atoms with E-state index in [0.717, 1.165) is 10.9 Å². The van der Waals surface area contributed by atoms with Crippen LogP contribution in [0.1, 0.15) is 11.3 Å². The van der Waals surface area contributed by atoms with Crippen molar-refractivity contribution in [3.8, 4) is 0 Å². The van der Waals surface area contributed by atoms with Crippen LogP contribution in [0.5, 0.6) is 0 Å². The van der Waals surface area contributed by atoms with Gasteiger partial charge in [-0.2, -0.15) is 0 Å². The Hall–Kier alpha value is -1.54. The minimum atomic E-state index is -0.337. The monoisotopic (exact) mass is 234 g/mol. The first-order valence-electron chi connectivity index (χ1n) is 4.99. The Labute approximate surface area is 96.8 Å². The van der Waals surface area contributed by atoms with Crippen LogP contribution >= 0.6 is 11.6 Å². The molecule has 0 unspecified atom stereocenters. The van der Waals surface area contributed by atoms with E-state index in [4.69, 9.17) is 16.0 Å². The van der Waals surface area contributed by atoms with Crippen LogP contribution in [0.3, 0.4) is 0 Å². The fraction of sp³-hybridized carbons (Fsp3) is 0.0769. The molecule has 0 atom stereocenters. The van der Waals surface area contributed by atoms with E-state index >= 15 is 0 Å². The third kappa shape index (κ3) is 1.38. The number of fused-ring (bicyclic) bond motifs is 3. The quantitative estimate of drug-likeness (QED) is 0.654. The molecule has 0 aliphatic heterocycles. The van der Waals surface area contributed by atoms with Gasteiger partial charge in [0.2, 0.25) is 0 Å².